The minimum Gasteiger partial charge on any atom is -0.457 e. The Hall–Kier alpha value is -1.84. The van der Waals surface area contributed by atoms with Gasteiger partial charge in [-0.2, -0.15) is 0 Å². The van der Waals surface area contributed by atoms with Crippen molar-refractivity contribution in [3.05, 3.63) is 36.0 Å². The summed E-state index contributed by atoms with van der Waals surface area (Å²) in [5.41, 5.74) is -0.863. The van der Waals surface area contributed by atoms with Gasteiger partial charge < -0.3 is 29.5 Å². The predicted molar refractivity (Wildman–Crippen MR) is 141 cm³/mol. The molecule has 2 aliphatic rings. The molecule has 3 N–H and O–H groups in total. The molecule has 0 amide bonds. The average Bonchev–Trinajstić information content (AvgIpc) is 3.64. The van der Waals surface area contributed by atoms with E-state index in [1.54, 1.807) is 13.2 Å². The normalized spacial score (nSPS) is 36.2. The molecule has 0 radical (unpaired) electrons. The maximum Gasteiger partial charge on any atom is 0.309 e. The number of allylic oxidation sites excluding steroid dienone is 2. The minimum absolute atomic E-state index is 0.0323. The van der Waals surface area contributed by atoms with E-state index >= 15 is 0 Å². The third kappa shape index (κ3) is 8.86. The summed E-state index contributed by atoms with van der Waals surface area (Å²) in [6, 6.07) is 0. The summed E-state index contributed by atoms with van der Waals surface area (Å²) in [6.45, 7) is 11.1. The highest BCUT2D eigenvalue weighted by Gasteiger charge is 2.50. The number of carbonyl (C=O) groups excluding carboxylic acids is 2. The SMILES string of the molecule is CCC(OC)C(C)C1OC1C(O)C(C)/C=C/C=C(\C)C1OC(=O)CC(O)CCC(C)(O)C(=O)/C=C/C1C. The Kier molecular flexibility index (Phi) is 11.7. The van der Waals surface area contributed by atoms with Crippen molar-refractivity contribution < 1.29 is 39.1 Å². The van der Waals surface area contributed by atoms with E-state index in [0.29, 0.717) is 0 Å². The van der Waals surface area contributed by atoms with Gasteiger partial charge in [0.05, 0.1) is 30.8 Å². The second-order valence-corrected chi connectivity index (χ2v) is 10.9. The summed E-state index contributed by atoms with van der Waals surface area (Å²) >= 11 is 0. The van der Waals surface area contributed by atoms with Gasteiger partial charge in [0.1, 0.15) is 17.8 Å². The third-order valence-corrected chi connectivity index (χ3v) is 7.65. The van der Waals surface area contributed by atoms with E-state index in [-0.39, 0.29) is 55.3 Å². The Morgan fingerprint density at radius 2 is 1.97 bits per heavy atom. The monoisotopic (exact) mass is 522 g/mol. The van der Waals surface area contributed by atoms with Crippen molar-refractivity contribution in [1.82, 2.24) is 0 Å². The lowest BCUT2D eigenvalue weighted by Gasteiger charge is -2.26. The van der Waals surface area contributed by atoms with E-state index in [9.17, 15) is 24.9 Å². The number of aliphatic hydroxyl groups excluding tert-OH is 2. The number of cyclic esters (lactones) is 1. The first kappa shape index (κ1) is 31.4. The van der Waals surface area contributed by atoms with Crippen molar-refractivity contribution in [3.63, 3.8) is 0 Å². The number of hydrogen-bond donors (Lipinski definition) is 3. The van der Waals surface area contributed by atoms with Crippen LogP contribution in [0.5, 0.6) is 0 Å². The molecule has 2 rings (SSSR count). The second-order valence-electron chi connectivity index (χ2n) is 10.9. The van der Waals surface area contributed by atoms with E-state index in [4.69, 9.17) is 14.2 Å². The van der Waals surface area contributed by atoms with E-state index < -0.39 is 35.7 Å². The maximum absolute atomic E-state index is 12.5. The summed E-state index contributed by atoms with van der Waals surface area (Å²) in [5.74, 6) is -1.32. The Morgan fingerprint density at radius 1 is 1.30 bits per heavy atom. The molecule has 2 heterocycles. The summed E-state index contributed by atoms with van der Waals surface area (Å²) in [7, 11) is 1.69. The summed E-state index contributed by atoms with van der Waals surface area (Å²) < 4.78 is 17.0. The number of methoxy groups -OCH3 is 1. The molecule has 0 aromatic heterocycles. The van der Waals surface area contributed by atoms with Gasteiger partial charge in [-0.3, -0.25) is 9.59 Å². The fourth-order valence-corrected chi connectivity index (χ4v) is 4.88. The Bertz CT molecular complexity index is 856. The highest BCUT2D eigenvalue weighted by molar-refractivity contribution is 5.96. The first-order valence-corrected chi connectivity index (χ1v) is 13.4. The molecule has 0 aromatic rings. The number of epoxide rings is 1. The number of rotatable bonds is 9. The van der Waals surface area contributed by atoms with Gasteiger partial charge in [0, 0.05) is 24.9 Å². The lowest BCUT2D eigenvalue weighted by molar-refractivity contribution is -0.151. The number of ketones is 1. The highest BCUT2D eigenvalue weighted by Crippen LogP contribution is 2.37. The van der Waals surface area contributed by atoms with Gasteiger partial charge in [-0.15, -0.1) is 0 Å². The molecule has 8 nitrogen and oxygen atoms in total. The number of ether oxygens (including phenoxy) is 3. The summed E-state index contributed by atoms with van der Waals surface area (Å²) in [5, 5.41) is 31.4. The lowest BCUT2D eigenvalue weighted by atomic mass is 9.90. The fourth-order valence-electron chi connectivity index (χ4n) is 4.88. The molecule has 37 heavy (non-hydrogen) atoms. The molecule has 0 aromatic carbocycles. The van der Waals surface area contributed by atoms with Gasteiger partial charge in [-0.25, -0.2) is 0 Å². The van der Waals surface area contributed by atoms with Crippen molar-refractivity contribution >= 4 is 11.8 Å². The quantitative estimate of drug-likeness (QED) is 0.239. The van der Waals surface area contributed by atoms with Gasteiger partial charge in [-0.1, -0.05) is 52.0 Å². The van der Waals surface area contributed by atoms with Crippen LogP contribution < -0.4 is 0 Å². The van der Waals surface area contributed by atoms with E-state index in [2.05, 4.69) is 13.8 Å². The number of hydrogen-bond acceptors (Lipinski definition) is 8. The average molecular weight is 523 g/mol. The van der Waals surface area contributed by atoms with Crippen LogP contribution in [-0.4, -0.2) is 76.4 Å². The van der Waals surface area contributed by atoms with Crippen LogP contribution in [0, 0.1) is 17.8 Å². The van der Waals surface area contributed by atoms with Gasteiger partial charge in [0.25, 0.3) is 0 Å². The molecule has 0 saturated carbocycles. The van der Waals surface area contributed by atoms with Crippen molar-refractivity contribution in [2.45, 2.75) is 109 Å². The smallest absolute Gasteiger partial charge is 0.309 e. The number of esters is 1. The molecule has 0 aliphatic carbocycles. The van der Waals surface area contributed by atoms with E-state index in [1.807, 2.05) is 39.0 Å². The van der Waals surface area contributed by atoms with Gasteiger partial charge in [-0.05, 0) is 44.8 Å². The van der Waals surface area contributed by atoms with Crippen molar-refractivity contribution in [2.24, 2.45) is 17.8 Å². The first-order valence-electron chi connectivity index (χ1n) is 13.4. The topological polar surface area (TPSA) is 126 Å². The summed E-state index contributed by atoms with van der Waals surface area (Å²) in [6.07, 6.45) is 6.79. The molecule has 0 bridgehead atoms. The van der Waals surface area contributed by atoms with Crippen LogP contribution in [0.4, 0.5) is 0 Å². The zero-order chi connectivity index (χ0) is 27.9. The van der Waals surface area contributed by atoms with E-state index in [1.165, 1.54) is 13.0 Å². The molecule has 0 spiro atoms. The van der Waals surface area contributed by atoms with E-state index in [0.717, 1.165) is 12.0 Å². The van der Waals surface area contributed by atoms with Crippen molar-refractivity contribution in [3.8, 4) is 0 Å². The largest absolute Gasteiger partial charge is 0.457 e. The van der Waals surface area contributed by atoms with Gasteiger partial charge in [0.2, 0.25) is 0 Å². The number of carbonyl (C=O) groups is 2. The molecule has 1 saturated heterocycles. The molecule has 10 unspecified atom stereocenters. The van der Waals surface area contributed by atoms with Crippen LogP contribution in [0.3, 0.4) is 0 Å². The predicted octanol–water partition coefficient (Wildman–Crippen LogP) is 3.28. The first-order chi connectivity index (χ1) is 17.3. The molecule has 8 heteroatoms. The van der Waals surface area contributed by atoms with Crippen LogP contribution in [0.1, 0.15) is 67.2 Å². The van der Waals surface area contributed by atoms with Crippen LogP contribution in [0.2, 0.25) is 0 Å². The van der Waals surface area contributed by atoms with Crippen LogP contribution in [0.15, 0.2) is 36.0 Å². The van der Waals surface area contributed by atoms with Gasteiger partial charge in [0.15, 0.2) is 5.78 Å². The Labute approximate surface area is 221 Å². The van der Waals surface area contributed by atoms with Crippen LogP contribution in [0.25, 0.3) is 0 Å². The molecular weight excluding hydrogens is 476 g/mol. The zero-order valence-corrected chi connectivity index (χ0v) is 23.3. The van der Waals surface area contributed by atoms with Gasteiger partial charge >= 0.3 is 5.97 Å². The lowest BCUT2D eigenvalue weighted by Crippen LogP contribution is -2.36. The Balaban J connectivity index is 2.09. The molecule has 2 aliphatic heterocycles. The molecule has 1 fully saturated rings. The van der Waals surface area contributed by atoms with Crippen molar-refractivity contribution in [1.29, 1.82) is 0 Å². The maximum atomic E-state index is 12.5. The zero-order valence-electron chi connectivity index (χ0n) is 23.3. The third-order valence-electron chi connectivity index (χ3n) is 7.65. The van der Waals surface area contributed by atoms with Crippen LogP contribution >= 0.6 is 0 Å². The fraction of sp³-hybridized carbons (Fsp3) is 0.724. The van der Waals surface area contributed by atoms with Crippen molar-refractivity contribution in [2.75, 3.05) is 7.11 Å². The second kappa shape index (κ2) is 13.8. The van der Waals surface area contributed by atoms with Crippen LogP contribution in [-0.2, 0) is 23.8 Å². The highest BCUT2D eigenvalue weighted by atomic mass is 16.6. The standard InChI is InChI=1S/C29H46O8/c1-8-22(35-7)20(5)27-28(37-27)25(33)17(2)10-9-11-18(3)26-19(4)12-13-23(31)29(6,34)15-14-21(30)16-24(32)36-26/h9-13,17,19-22,25-28,30,33-34H,8,14-16H2,1-7H3/b10-9+,13-12+,18-11+. The molecular formula is C29H46O8. The molecule has 10 atom stereocenters. The summed E-state index contributed by atoms with van der Waals surface area (Å²) in [4.78, 5) is 24.9. The number of aliphatic hydroxyl groups is 3. The minimum atomic E-state index is -1.61. The molecule has 210 valence electrons. The Morgan fingerprint density at radius 3 is 2.59 bits per heavy atom.